The predicted octanol–water partition coefficient (Wildman–Crippen LogP) is 5.91. The maximum absolute atomic E-state index is 13.9. The van der Waals surface area contributed by atoms with Gasteiger partial charge in [0.15, 0.2) is 0 Å². The molecule has 3 rings (SSSR count). The molecule has 0 radical (unpaired) electrons. The minimum atomic E-state index is -4.89. The smallest absolute Gasteiger partial charge is 0.449 e. The zero-order valence-corrected chi connectivity index (χ0v) is 16.1. The van der Waals surface area contributed by atoms with Crippen LogP contribution in [0, 0.1) is 5.82 Å². The fourth-order valence-electron chi connectivity index (χ4n) is 2.68. The number of anilines is 1. The fraction of sp³-hybridized carbons (Fsp3) is 0.100. The van der Waals surface area contributed by atoms with E-state index in [4.69, 9.17) is 9.84 Å². The van der Waals surface area contributed by atoms with Crippen LogP contribution in [0.2, 0.25) is 0 Å². The quantitative estimate of drug-likeness (QED) is 0.406. The molecule has 0 bridgehead atoms. The molecule has 3 aromatic rings. The van der Waals surface area contributed by atoms with Crippen molar-refractivity contribution >= 4 is 29.1 Å². The topological polar surface area (TPSA) is 66.8 Å². The minimum absolute atomic E-state index is 0.0755. The Hall–Kier alpha value is -3.40. The zero-order chi connectivity index (χ0) is 22.1. The summed E-state index contributed by atoms with van der Waals surface area (Å²) < 4.78 is 56.8. The summed E-state index contributed by atoms with van der Waals surface area (Å²) in [5.41, 5.74) is -1.01. The van der Waals surface area contributed by atoms with E-state index in [9.17, 15) is 27.2 Å². The fourth-order valence-corrected chi connectivity index (χ4v) is 3.71. The maximum Gasteiger partial charge on any atom is 0.512 e. The van der Waals surface area contributed by atoms with Crippen LogP contribution in [0.15, 0.2) is 54.6 Å². The maximum atomic E-state index is 13.9. The van der Waals surface area contributed by atoms with Crippen molar-refractivity contribution in [2.75, 3.05) is 11.9 Å². The van der Waals surface area contributed by atoms with Crippen LogP contribution in [0.25, 0.3) is 10.4 Å². The first-order valence-corrected chi connectivity index (χ1v) is 9.14. The Bertz CT molecular complexity index is 1100. The molecule has 1 N–H and O–H groups in total. The van der Waals surface area contributed by atoms with Crippen LogP contribution in [0.1, 0.15) is 15.9 Å². The number of rotatable bonds is 4. The van der Waals surface area contributed by atoms with E-state index >= 15 is 0 Å². The number of carboxylic acid groups (broad SMARTS) is 1. The summed E-state index contributed by atoms with van der Waals surface area (Å²) in [5, 5.41) is 8.87. The van der Waals surface area contributed by atoms with Crippen LogP contribution in [0.3, 0.4) is 0 Å². The third-order valence-corrected chi connectivity index (χ3v) is 5.16. The molecule has 0 aliphatic heterocycles. The van der Waals surface area contributed by atoms with Gasteiger partial charge in [0.1, 0.15) is 5.82 Å². The number of thiophene rings is 1. The number of carbonyl (C=O) groups excluding carboxylic acids is 1. The normalized spacial score (nSPS) is 11.2. The van der Waals surface area contributed by atoms with Crippen molar-refractivity contribution in [3.8, 4) is 15.5 Å². The highest BCUT2D eigenvalue weighted by atomic mass is 32.1. The Kier molecular flexibility index (Phi) is 5.79. The molecular formula is C20H13F4NO4S. The highest BCUT2D eigenvalue weighted by Crippen LogP contribution is 2.43. The van der Waals surface area contributed by atoms with Crippen molar-refractivity contribution < 1.29 is 37.0 Å². The summed E-state index contributed by atoms with van der Waals surface area (Å²) in [6.07, 6.45) is -6.49. The van der Waals surface area contributed by atoms with Crippen LogP contribution in [0.5, 0.6) is 5.06 Å². The molecule has 1 heterocycles. The summed E-state index contributed by atoms with van der Waals surface area (Å²) in [6.45, 7) is 0. The lowest BCUT2D eigenvalue weighted by molar-refractivity contribution is -0.140. The molecule has 0 spiro atoms. The van der Waals surface area contributed by atoms with Crippen molar-refractivity contribution in [2.45, 2.75) is 6.18 Å². The number of amides is 1. The van der Waals surface area contributed by atoms with Gasteiger partial charge in [-0.05, 0) is 29.8 Å². The van der Waals surface area contributed by atoms with Crippen molar-refractivity contribution in [3.05, 3.63) is 71.5 Å². The minimum Gasteiger partial charge on any atom is -0.449 e. The number of ether oxygens (including phenoxy) is 1. The molecule has 30 heavy (non-hydrogen) atoms. The largest absolute Gasteiger partial charge is 0.512 e. The van der Waals surface area contributed by atoms with Crippen molar-refractivity contribution in [2.24, 2.45) is 0 Å². The summed E-state index contributed by atoms with van der Waals surface area (Å²) in [6, 6.07) is 12.2. The average molecular weight is 439 g/mol. The molecule has 156 valence electrons. The standard InChI is InChI=1S/C20H13F4NO4S/c1-25(17(26)12-7-8-13(14(21)9-12)20(22,23)24)15-10-16(11-5-3-2-4-6-11)30-18(15)29-19(27)28/h2-10H,1H3,(H,27,28). The van der Waals surface area contributed by atoms with Gasteiger partial charge < -0.3 is 14.7 Å². The van der Waals surface area contributed by atoms with Crippen molar-refractivity contribution in [3.63, 3.8) is 0 Å². The molecule has 1 amide bonds. The second-order valence-corrected chi connectivity index (χ2v) is 7.09. The van der Waals surface area contributed by atoms with Gasteiger partial charge in [-0.15, -0.1) is 0 Å². The summed E-state index contributed by atoms with van der Waals surface area (Å²) in [7, 11) is 1.28. The molecule has 2 aromatic carbocycles. The number of alkyl halides is 3. The third kappa shape index (κ3) is 4.43. The van der Waals surface area contributed by atoms with E-state index < -0.39 is 29.6 Å². The predicted molar refractivity (Wildman–Crippen MR) is 103 cm³/mol. The highest BCUT2D eigenvalue weighted by Gasteiger charge is 2.34. The van der Waals surface area contributed by atoms with Gasteiger partial charge >= 0.3 is 12.3 Å². The van der Waals surface area contributed by atoms with Crippen LogP contribution >= 0.6 is 11.3 Å². The second-order valence-electron chi connectivity index (χ2n) is 6.07. The van der Waals surface area contributed by atoms with Crippen LogP contribution < -0.4 is 9.64 Å². The Morgan fingerprint density at radius 2 is 1.73 bits per heavy atom. The Labute approximate surface area is 171 Å². The Morgan fingerprint density at radius 3 is 2.30 bits per heavy atom. The molecule has 0 aliphatic carbocycles. The van der Waals surface area contributed by atoms with Gasteiger partial charge in [0.05, 0.1) is 11.3 Å². The van der Waals surface area contributed by atoms with Gasteiger partial charge in [0, 0.05) is 17.5 Å². The molecule has 1 aromatic heterocycles. The zero-order valence-electron chi connectivity index (χ0n) is 15.2. The lowest BCUT2D eigenvalue weighted by atomic mass is 10.1. The number of halogens is 4. The number of benzene rings is 2. The molecule has 0 unspecified atom stereocenters. The summed E-state index contributed by atoms with van der Waals surface area (Å²) in [4.78, 5) is 25.3. The van der Waals surface area contributed by atoms with Crippen molar-refractivity contribution in [1.82, 2.24) is 0 Å². The second kappa shape index (κ2) is 8.15. The Morgan fingerprint density at radius 1 is 1.07 bits per heavy atom. The van der Waals surface area contributed by atoms with E-state index in [1.54, 1.807) is 30.3 Å². The van der Waals surface area contributed by atoms with Gasteiger partial charge in [-0.25, -0.2) is 9.18 Å². The van der Waals surface area contributed by atoms with E-state index in [-0.39, 0.29) is 16.3 Å². The summed E-state index contributed by atoms with van der Waals surface area (Å²) >= 11 is 0.971. The molecular weight excluding hydrogens is 426 g/mol. The van der Waals surface area contributed by atoms with E-state index in [2.05, 4.69) is 0 Å². The average Bonchev–Trinajstić information content (AvgIpc) is 3.09. The van der Waals surface area contributed by atoms with Gasteiger partial charge in [0.2, 0.25) is 5.06 Å². The lowest BCUT2D eigenvalue weighted by Gasteiger charge is -2.17. The van der Waals surface area contributed by atoms with E-state index in [1.807, 2.05) is 0 Å². The van der Waals surface area contributed by atoms with Crippen LogP contribution in [0.4, 0.5) is 28.0 Å². The van der Waals surface area contributed by atoms with E-state index in [1.165, 1.54) is 13.1 Å². The van der Waals surface area contributed by atoms with Gasteiger partial charge in [-0.1, -0.05) is 41.7 Å². The summed E-state index contributed by atoms with van der Waals surface area (Å²) in [5.74, 6) is -2.42. The van der Waals surface area contributed by atoms with Crippen LogP contribution in [-0.4, -0.2) is 24.2 Å². The number of hydrogen-bond donors (Lipinski definition) is 1. The van der Waals surface area contributed by atoms with Gasteiger partial charge in [-0.3, -0.25) is 4.79 Å². The molecule has 0 aliphatic rings. The number of carbonyl (C=O) groups is 2. The lowest BCUT2D eigenvalue weighted by Crippen LogP contribution is -2.26. The van der Waals surface area contributed by atoms with Gasteiger partial charge in [-0.2, -0.15) is 13.2 Å². The van der Waals surface area contributed by atoms with Crippen LogP contribution in [-0.2, 0) is 6.18 Å². The molecule has 10 heteroatoms. The SMILES string of the molecule is CN(C(=O)c1ccc(C(F)(F)F)c(F)c1)c1cc(-c2ccccc2)sc1OC(=O)O. The van der Waals surface area contributed by atoms with E-state index in [0.29, 0.717) is 17.0 Å². The third-order valence-electron chi connectivity index (χ3n) is 4.11. The highest BCUT2D eigenvalue weighted by molar-refractivity contribution is 7.18. The monoisotopic (exact) mass is 439 g/mol. The molecule has 0 fully saturated rings. The van der Waals surface area contributed by atoms with Gasteiger partial charge in [0.25, 0.3) is 5.91 Å². The molecule has 5 nitrogen and oxygen atoms in total. The molecule has 0 saturated heterocycles. The van der Waals surface area contributed by atoms with E-state index in [0.717, 1.165) is 27.9 Å². The number of hydrogen-bond acceptors (Lipinski definition) is 4. The first-order valence-electron chi connectivity index (χ1n) is 8.32. The Balaban J connectivity index is 1.98. The molecule has 0 saturated carbocycles. The first-order chi connectivity index (χ1) is 14.1. The number of nitrogens with zero attached hydrogens (tertiary/aromatic N) is 1. The molecule has 0 atom stereocenters. The first kappa shape index (κ1) is 21.3. The van der Waals surface area contributed by atoms with Crippen molar-refractivity contribution in [1.29, 1.82) is 0 Å².